The highest BCUT2D eigenvalue weighted by Gasteiger charge is 2.19. The summed E-state index contributed by atoms with van der Waals surface area (Å²) >= 11 is 0. The summed E-state index contributed by atoms with van der Waals surface area (Å²) in [5, 5.41) is 0. The molecule has 0 aromatic rings. The second-order valence-electron chi connectivity index (χ2n) is 16.7. The van der Waals surface area contributed by atoms with E-state index in [1.54, 1.807) is 0 Å². The van der Waals surface area contributed by atoms with Gasteiger partial charge in [-0.15, -0.1) is 0 Å². The molecule has 1 atom stereocenters. The van der Waals surface area contributed by atoms with E-state index in [4.69, 9.17) is 14.2 Å². The van der Waals surface area contributed by atoms with Crippen LogP contribution in [0.4, 0.5) is 0 Å². The summed E-state index contributed by atoms with van der Waals surface area (Å²) in [5.41, 5.74) is 0. The van der Waals surface area contributed by atoms with Crippen molar-refractivity contribution in [1.29, 1.82) is 0 Å². The van der Waals surface area contributed by atoms with Gasteiger partial charge in [-0.25, -0.2) is 0 Å². The molecule has 0 aromatic carbocycles. The highest BCUT2D eigenvalue weighted by Crippen LogP contribution is 2.10. The van der Waals surface area contributed by atoms with E-state index in [9.17, 15) is 14.4 Å². The molecule has 6 heteroatoms. The van der Waals surface area contributed by atoms with Crippen LogP contribution in [0.25, 0.3) is 0 Å². The molecule has 0 radical (unpaired) electrons. The molecule has 0 rings (SSSR count). The van der Waals surface area contributed by atoms with Gasteiger partial charge in [0, 0.05) is 19.3 Å². The lowest BCUT2D eigenvalue weighted by Gasteiger charge is -2.18. The summed E-state index contributed by atoms with van der Waals surface area (Å²) in [6.07, 6.45) is 77.0. The molecule has 0 saturated carbocycles. The standard InChI is InChI=1S/C61H94O6/c1-4-7-10-13-16-19-22-25-28-29-30-31-34-36-39-42-45-48-51-54-60(63)66-57-58(67-61(64)55-52-49-46-43-40-37-33-27-24-21-18-15-12-9-6-3)56-65-59(62)53-50-47-44-41-38-35-32-26-23-20-17-14-11-8-5-2/h9,12,16-21,25-28,30-33,36,38-41,43,45,48,58H,4-8,10-11,13-15,22-24,29,34-35,37,42,44,46-47,49-57H2,1-3H3/b12-9-,19-16-,20-17-,21-18-,28-25-,31-30-,32-26-,33-27-,39-36-,41-38-,43-40-,48-45-/t58-/m0/s1. The minimum Gasteiger partial charge on any atom is -0.462 e. The van der Waals surface area contributed by atoms with Crippen LogP contribution in [0.3, 0.4) is 0 Å². The van der Waals surface area contributed by atoms with Crippen LogP contribution in [-0.2, 0) is 28.6 Å². The Kier molecular flexibility index (Phi) is 50.1. The molecule has 0 aromatic heterocycles. The Hall–Kier alpha value is -4.71. The lowest BCUT2D eigenvalue weighted by molar-refractivity contribution is -0.166. The summed E-state index contributed by atoms with van der Waals surface area (Å²) in [6, 6.07) is 0. The molecule has 0 saturated heterocycles. The van der Waals surface area contributed by atoms with E-state index in [0.717, 1.165) is 89.9 Å². The van der Waals surface area contributed by atoms with Crippen LogP contribution in [0.5, 0.6) is 0 Å². The molecule has 0 spiro atoms. The minimum absolute atomic E-state index is 0.144. The van der Waals surface area contributed by atoms with Crippen molar-refractivity contribution in [2.45, 2.75) is 207 Å². The number of carbonyl (C=O) groups is 3. The number of carbonyl (C=O) groups excluding carboxylic acids is 3. The van der Waals surface area contributed by atoms with Crippen LogP contribution in [0.1, 0.15) is 201 Å². The molecule has 67 heavy (non-hydrogen) atoms. The Morgan fingerprint density at radius 2 is 0.597 bits per heavy atom. The summed E-state index contributed by atoms with van der Waals surface area (Å²) in [4.78, 5) is 38.0. The Balaban J connectivity index is 4.65. The van der Waals surface area contributed by atoms with Crippen molar-refractivity contribution in [2.75, 3.05) is 13.2 Å². The number of esters is 3. The Labute approximate surface area is 410 Å². The van der Waals surface area contributed by atoms with Crippen LogP contribution in [-0.4, -0.2) is 37.2 Å². The van der Waals surface area contributed by atoms with Crippen molar-refractivity contribution < 1.29 is 28.6 Å². The maximum Gasteiger partial charge on any atom is 0.306 e. The van der Waals surface area contributed by atoms with Crippen molar-refractivity contribution in [3.05, 3.63) is 146 Å². The van der Waals surface area contributed by atoms with Gasteiger partial charge in [0.2, 0.25) is 0 Å². The molecule has 0 heterocycles. The summed E-state index contributed by atoms with van der Waals surface area (Å²) in [6.45, 7) is 6.30. The number of hydrogen-bond donors (Lipinski definition) is 0. The van der Waals surface area contributed by atoms with Crippen LogP contribution in [0.2, 0.25) is 0 Å². The Morgan fingerprint density at radius 3 is 0.940 bits per heavy atom. The second-order valence-corrected chi connectivity index (χ2v) is 16.7. The van der Waals surface area contributed by atoms with Gasteiger partial charge in [0.25, 0.3) is 0 Å². The first-order valence-electron chi connectivity index (χ1n) is 26.3. The number of unbranched alkanes of at least 4 members (excludes halogenated alkanes) is 10. The minimum atomic E-state index is -0.852. The number of allylic oxidation sites excluding steroid dienone is 24. The van der Waals surface area contributed by atoms with Crippen molar-refractivity contribution in [1.82, 2.24) is 0 Å². The average molecular weight is 923 g/mol. The topological polar surface area (TPSA) is 78.9 Å². The molecule has 0 unspecified atom stereocenters. The first-order chi connectivity index (χ1) is 33.0. The van der Waals surface area contributed by atoms with E-state index in [1.807, 2.05) is 12.2 Å². The molecule has 6 nitrogen and oxygen atoms in total. The fraction of sp³-hybridized carbons (Fsp3) is 0.557. The fourth-order valence-corrected chi connectivity index (χ4v) is 6.36. The SMILES string of the molecule is CC/C=C\C/C=C\C/C=C\C/C=C\CCCCC(=O)O[C@H](COC(=O)CC/C=C\C/C=C\C/C=C\C/C=C\C/C=C\CCCCC)COC(=O)CCCC/C=C\C/C=C\C/C=C\CCCCC. The van der Waals surface area contributed by atoms with Crippen molar-refractivity contribution in [3.8, 4) is 0 Å². The number of rotatable bonds is 45. The van der Waals surface area contributed by atoms with E-state index < -0.39 is 6.10 Å². The zero-order valence-corrected chi connectivity index (χ0v) is 42.6. The zero-order valence-electron chi connectivity index (χ0n) is 42.6. The van der Waals surface area contributed by atoms with Crippen LogP contribution >= 0.6 is 0 Å². The maximum absolute atomic E-state index is 12.8. The van der Waals surface area contributed by atoms with E-state index in [0.29, 0.717) is 19.3 Å². The lowest BCUT2D eigenvalue weighted by Crippen LogP contribution is -2.30. The first kappa shape index (κ1) is 62.3. The molecular weight excluding hydrogens is 829 g/mol. The predicted molar refractivity (Wildman–Crippen MR) is 288 cm³/mol. The molecule has 0 aliphatic carbocycles. The third-order valence-corrected chi connectivity index (χ3v) is 10.3. The van der Waals surface area contributed by atoms with Gasteiger partial charge in [0.15, 0.2) is 6.10 Å². The lowest BCUT2D eigenvalue weighted by atomic mass is 10.1. The Morgan fingerprint density at radius 1 is 0.313 bits per heavy atom. The van der Waals surface area contributed by atoms with Gasteiger partial charge < -0.3 is 14.2 Å². The smallest absolute Gasteiger partial charge is 0.306 e. The van der Waals surface area contributed by atoms with Gasteiger partial charge >= 0.3 is 17.9 Å². The van der Waals surface area contributed by atoms with Gasteiger partial charge in [-0.05, 0) is 135 Å². The van der Waals surface area contributed by atoms with Crippen molar-refractivity contribution in [2.24, 2.45) is 0 Å². The maximum atomic E-state index is 12.8. The largest absolute Gasteiger partial charge is 0.462 e. The fourth-order valence-electron chi connectivity index (χ4n) is 6.36. The van der Waals surface area contributed by atoms with E-state index in [-0.39, 0.29) is 50.4 Å². The van der Waals surface area contributed by atoms with E-state index in [2.05, 4.69) is 154 Å². The van der Waals surface area contributed by atoms with E-state index in [1.165, 1.54) is 51.4 Å². The van der Waals surface area contributed by atoms with Gasteiger partial charge in [-0.3, -0.25) is 14.4 Å². The number of hydrogen-bond acceptors (Lipinski definition) is 6. The van der Waals surface area contributed by atoms with Gasteiger partial charge in [0.1, 0.15) is 13.2 Å². The quantitative estimate of drug-likeness (QED) is 0.0262. The summed E-state index contributed by atoms with van der Waals surface area (Å²) < 4.78 is 16.7. The summed E-state index contributed by atoms with van der Waals surface area (Å²) in [5.74, 6) is -1.12. The zero-order chi connectivity index (χ0) is 48.6. The highest BCUT2D eigenvalue weighted by atomic mass is 16.6. The molecule has 0 fully saturated rings. The molecule has 0 aliphatic heterocycles. The molecule has 0 aliphatic rings. The van der Waals surface area contributed by atoms with Crippen molar-refractivity contribution >= 4 is 17.9 Å². The van der Waals surface area contributed by atoms with Gasteiger partial charge in [-0.2, -0.15) is 0 Å². The Bertz CT molecular complexity index is 1530. The summed E-state index contributed by atoms with van der Waals surface area (Å²) in [7, 11) is 0. The predicted octanol–water partition coefficient (Wildman–Crippen LogP) is 17.6. The average Bonchev–Trinajstić information content (AvgIpc) is 3.33. The molecular formula is C61H94O6. The van der Waals surface area contributed by atoms with E-state index >= 15 is 0 Å². The number of ether oxygens (including phenoxy) is 3. The van der Waals surface area contributed by atoms with Gasteiger partial charge in [0.05, 0.1) is 0 Å². The van der Waals surface area contributed by atoms with Crippen LogP contribution < -0.4 is 0 Å². The molecule has 0 bridgehead atoms. The third kappa shape index (κ3) is 52.1. The normalized spacial score (nSPS) is 13.3. The monoisotopic (exact) mass is 923 g/mol. The first-order valence-corrected chi connectivity index (χ1v) is 26.3. The highest BCUT2D eigenvalue weighted by molar-refractivity contribution is 5.71. The third-order valence-electron chi connectivity index (χ3n) is 10.3. The van der Waals surface area contributed by atoms with Crippen LogP contribution in [0.15, 0.2) is 146 Å². The van der Waals surface area contributed by atoms with Crippen LogP contribution in [0, 0.1) is 0 Å². The van der Waals surface area contributed by atoms with Crippen molar-refractivity contribution in [3.63, 3.8) is 0 Å². The second kappa shape index (κ2) is 53.9. The molecule has 374 valence electrons. The van der Waals surface area contributed by atoms with Gasteiger partial charge in [-0.1, -0.05) is 192 Å². The molecule has 0 amide bonds. The molecule has 0 N–H and O–H groups in total.